The van der Waals surface area contributed by atoms with Crippen LogP contribution in [-0.2, 0) is 9.59 Å². The van der Waals surface area contributed by atoms with Gasteiger partial charge in [-0.25, -0.2) is 9.97 Å². The lowest BCUT2D eigenvalue weighted by Gasteiger charge is -1.98. The highest BCUT2D eigenvalue weighted by atomic mass is 32.1. The van der Waals surface area contributed by atoms with E-state index in [4.69, 9.17) is 0 Å². The molecule has 0 unspecified atom stereocenters. The van der Waals surface area contributed by atoms with Crippen molar-refractivity contribution < 1.29 is 9.59 Å². The number of carbonyl (C=O) groups excluding carboxylic acids is 2. The molecule has 2 fully saturated rings. The number of thiazole rings is 2. The van der Waals surface area contributed by atoms with Gasteiger partial charge in [-0.05, 0) is 25.7 Å². The predicted molar refractivity (Wildman–Crippen MR) is 85.9 cm³/mol. The first-order chi connectivity index (χ1) is 10.7. The van der Waals surface area contributed by atoms with Gasteiger partial charge < -0.3 is 10.6 Å². The number of carbonyl (C=O) groups is 2. The van der Waals surface area contributed by atoms with Gasteiger partial charge in [0.2, 0.25) is 11.8 Å². The maximum Gasteiger partial charge on any atom is 0.229 e. The molecule has 8 heteroatoms. The number of rotatable bonds is 5. The summed E-state index contributed by atoms with van der Waals surface area (Å²) in [5, 5.41) is 10.6. The Morgan fingerprint density at radius 3 is 1.64 bits per heavy atom. The molecule has 2 amide bonds. The molecule has 2 saturated carbocycles. The molecule has 2 N–H and O–H groups in total. The molecule has 2 aromatic rings. The quantitative estimate of drug-likeness (QED) is 0.880. The van der Waals surface area contributed by atoms with Crippen LogP contribution in [0.2, 0.25) is 0 Å². The Morgan fingerprint density at radius 1 is 0.864 bits per heavy atom. The summed E-state index contributed by atoms with van der Waals surface area (Å²) in [6.45, 7) is 0. The zero-order chi connectivity index (χ0) is 15.1. The van der Waals surface area contributed by atoms with E-state index in [9.17, 15) is 9.59 Å². The minimum Gasteiger partial charge on any atom is -0.302 e. The van der Waals surface area contributed by atoms with E-state index in [1.807, 2.05) is 10.8 Å². The van der Waals surface area contributed by atoms with Crippen molar-refractivity contribution in [2.24, 2.45) is 11.8 Å². The number of anilines is 2. The summed E-state index contributed by atoms with van der Waals surface area (Å²) < 4.78 is 0. The molecule has 0 aliphatic heterocycles. The van der Waals surface area contributed by atoms with Crippen molar-refractivity contribution in [2.75, 3.05) is 10.6 Å². The van der Waals surface area contributed by atoms with E-state index in [0.717, 1.165) is 37.1 Å². The Hall–Kier alpha value is -1.80. The molecule has 114 valence electrons. The molecule has 0 saturated heterocycles. The van der Waals surface area contributed by atoms with Crippen LogP contribution in [-0.4, -0.2) is 21.8 Å². The van der Waals surface area contributed by atoms with Crippen molar-refractivity contribution in [2.45, 2.75) is 25.7 Å². The lowest BCUT2D eigenvalue weighted by atomic mass is 10.4. The van der Waals surface area contributed by atoms with Gasteiger partial charge in [0.1, 0.15) is 11.4 Å². The topological polar surface area (TPSA) is 84.0 Å². The first-order valence-electron chi connectivity index (χ1n) is 7.22. The Morgan fingerprint density at radius 2 is 1.27 bits per heavy atom. The van der Waals surface area contributed by atoms with Gasteiger partial charge in [-0.2, -0.15) is 0 Å². The number of hydrogen-bond acceptors (Lipinski definition) is 6. The van der Waals surface area contributed by atoms with Crippen molar-refractivity contribution >= 4 is 44.8 Å². The Bertz CT molecular complexity index is 669. The number of amides is 2. The fraction of sp³-hybridized carbons (Fsp3) is 0.429. The van der Waals surface area contributed by atoms with Crippen molar-refractivity contribution in [3.05, 3.63) is 10.8 Å². The summed E-state index contributed by atoms with van der Waals surface area (Å²) in [4.78, 5) is 32.2. The van der Waals surface area contributed by atoms with Crippen LogP contribution in [0.5, 0.6) is 0 Å². The summed E-state index contributed by atoms with van der Waals surface area (Å²) in [5.41, 5.74) is 1.44. The van der Waals surface area contributed by atoms with E-state index < -0.39 is 0 Å². The summed E-state index contributed by atoms with van der Waals surface area (Å²) >= 11 is 2.78. The second-order valence-electron chi connectivity index (χ2n) is 5.60. The van der Waals surface area contributed by atoms with Crippen molar-refractivity contribution in [1.82, 2.24) is 9.97 Å². The largest absolute Gasteiger partial charge is 0.302 e. The van der Waals surface area contributed by atoms with Crippen LogP contribution < -0.4 is 10.6 Å². The van der Waals surface area contributed by atoms with Gasteiger partial charge in [-0.15, -0.1) is 22.7 Å². The van der Waals surface area contributed by atoms with E-state index >= 15 is 0 Å². The third kappa shape index (κ3) is 3.02. The number of nitrogens with zero attached hydrogens (tertiary/aromatic N) is 2. The molecule has 2 aliphatic carbocycles. The van der Waals surface area contributed by atoms with Gasteiger partial charge in [0.05, 0.1) is 0 Å². The maximum absolute atomic E-state index is 11.7. The molecule has 6 nitrogen and oxygen atoms in total. The fourth-order valence-electron chi connectivity index (χ4n) is 2.00. The maximum atomic E-state index is 11.7. The molecular weight excluding hydrogens is 320 g/mol. The van der Waals surface area contributed by atoms with E-state index in [-0.39, 0.29) is 23.7 Å². The van der Waals surface area contributed by atoms with Crippen LogP contribution in [0.15, 0.2) is 10.8 Å². The standard InChI is InChI=1S/C14H14N4O2S2/c19-11(7-1-2-7)17-13-15-9(5-21-13)10-6-22-14(16-10)18-12(20)8-3-4-8/h5-8H,1-4H2,(H,15,17,19)(H,16,18,20). The molecule has 0 spiro atoms. The fourth-order valence-corrected chi connectivity index (χ4v) is 3.42. The Kier molecular flexibility index (Phi) is 3.42. The van der Waals surface area contributed by atoms with Crippen LogP contribution in [0.4, 0.5) is 10.3 Å². The summed E-state index contributed by atoms with van der Waals surface area (Å²) in [7, 11) is 0. The Balaban J connectivity index is 1.42. The van der Waals surface area contributed by atoms with Crippen LogP contribution in [0.1, 0.15) is 25.7 Å². The lowest BCUT2D eigenvalue weighted by Crippen LogP contribution is -2.13. The summed E-state index contributed by atoms with van der Waals surface area (Å²) in [6.07, 6.45) is 3.89. The second-order valence-corrected chi connectivity index (χ2v) is 7.32. The lowest BCUT2D eigenvalue weighted by molar-refractivity contribution is -0.118. The number of hydrogen-bond donors (Lipinski definition) is 2. The molecule has 2 heterocycles. The number of nitrogens with one attached hydrogen (secondary N) is 2. The monoisotopic (exact) mass is 334 g/mol. The van der Waals surface area contributed by atoms with Crippen molar-refractivity contribution in [3.8, 4) is 11.4 Å². The van der Waals surface area contributed by atoms with Crippen molar-refractivity contribution in [3.63, 3.8) is 0 Å². The number of aromatic nitrogens is 2. The van der Waals surface area contributed by atoms with Gasteiger partial charge in [-0.3, -0.25) is 9.59 Å². The second kappa shape index (κ2) is 5.44. The van der Waals surface area contributed by atoms with E-state index in [2.05, 4.69) is 20.6 Å². The third-order valence-corrected chi connectivity index (χ3v) is 5.14. The van der Waals surface area contributed by atoms with E-state index in [1.54, 1.807) is 0 Å². The van der Waals surface area contributed by atoms with Crippen LogP contribution in [0, 0.1) is 11.8 Å². The first kappa shape index (κ1) is 13.8. The molecule has 0 atom stereocenters. The van der Waals surface area contributed by atoms with E-state index in [1.165, 1.54) is 22.7 Å². The first-order valence-corrected chi connectivity index (χ1v) is 8.98. The van der Waals surface area contributed by atoms with Gasteiger partial charge in [0, 0.05) is 22.6 Å². The summed E-state index contributed by atoms with van der Waals surface area (Å²) in [5.74, 6) is 0.430. The minimum atomic E-state index is 0.0524. The molecule has 2 aromatic heterocycles. The highest BCUT2D eigenvalue weighted by molar-refractivity contribution is 7.15. The van der Waals surface area contributed by atoms with Crippen LogP contribution in [0.25, 0.3) is 11.4 Å². The van der Waals surface area contributed by atoms with Gasteiger partial charge >= 0.3 is 0 Å². The van der Waals surface area contributed by atoms with Gasteiger partial charge in [-0.1, -0.05) is 0 Å². The molecule has 0 aromatic carbocycles. The van der Waals surface area contributed by atoms with E-state index in [0.29, 0.717) is 10.3 Å². The van der Waals surface area contributed by atoms with Gasteiger partial charge in [0.15, 0.2) is 10.3 Å². The normalized spacial score (nSPS) is 17.3. The average Bonchev–Trinajstić information content (AvgIpc) is 3.41. The smallest absolute Gasteiger partial charge is 0.229 e. The molecule has 0 radical (unpaired) electrons. The SMILES string of the molecule is O=C(Nc1nc(-c2csc(NC(=O)C3CC3)n2)cs1)C1CC1. The van der Waals surface area contributed by atoms with Crippen LogP contribution in [0.3, 0.4) is 0 Å². The Labute approximate surface area is 135 Å². The third-order valence-electron chi connectivity index (χ3n) is 3.63. The van der Waals surface area contributed by atoms with Gasteiger partial charge in [0.25, 0.3) is 0 Å². The van der Waals surface area contributed by atoms with Crippen LogP contribution >= 0.6 is 22.7 Å². The molecule has 0 bridgehead atoms. The molecular formula is C14H14N4O2S2. The highest BCUT2D eigenvalue weighted by Crippen LogP contribution is 2.33. The zero-order valence-electron chi connectivity index (χ0n) is 11.7. The molecule has 22 heavy (non-hydrogen) atoms. The average molecular weight is 334 g/mol. The molecule has 4 rings (SSSR count). The predicted octanol–water partition coefficient (Wildman–Crippen LogP) is 2.96. The zero-order valence-corrected chi connectivity index (χ0v) is 13.3. The van der Waals surface area contributed by atoms with Crippen molar-refractivity contribution in [1.29, 1.82) is 0 Å². The highest BCUT2D eigenvalue weighted by Gasteiger charge is 2.31. The molecule has 2 aliphatic rings. The summed E-state index contributed by atoms with van der Waals surface area (Å²) in [6, 6.07) is 0. The minimum absolute atomic E-state index is 0.0524.